The van der Waals surface area contributed by atoms with E-state index in [0.29, 0.717) is 17.5 Å². The molecule has 2 aromatic rings. The third-order valence-corrected chi connectivity index (χ3v) is 4.57. The molecule has 0 spiro atoms. The molecule has 24 heavy (non-hydrogen) atoms. The second kappa shape index (κ2) is 7.35. The van der Waals surface area contributed by atoms with Gasteiger partial charge in [-0.3, -0.25) is 9.69 Å². The Morgan fingerprint density at radius 1 is 1.33 bits per heavy atom. The zero-order chi connectivity index (χ0) is 16.9. The van der Waals surface area contributed by atoms with Gasteiger partial charge in [0, 0.05) is 0 Å². The molecular formula is C17H17N3O3S. The van der Waals surface area contributed by atoms with Crippen LogP contribution in [0.3, 0.4) is 0 Å². The summed E-state index contributed by atoms with van der Waals surface area (Å²) in [6.45, 7) is 2.32. The van der Waals surface area contributed by atoms with Crippen molar-refractivity contribution >= 4 is 29.1 Å². The highest BCUT2D eigenvalue weighted by Crippen LogP contribution is 2.28. The van der Waals surface area contributed by atoms with Crippen molar-refractivity contribution in [2.45, 2.75) is 18.7 Å². The van der Waals surface area contributed by atoms with Crippen molar-refractivity contribution in [3.63, 3.8) is 0 Å². The second-order valence-corrected chi connectivity index (χ2v) is 6.48. The molecule has 1 amide bonds. The number of rotatable bonds is 5. The van der Waals surface area contributed by atoms with Crippen LogP contribution in [0.4, 0.5) is 0 Å². The first-order valence-electron chi connectivity index (χ1n) is 7.43. The summed E-state index contributed by atoms with van der Waals surface area (Å²) in [5.74, 6) is 1.43. The number of carbonyl (C=O) groups is 1. The van der Waals surface area contributed by atoms with E-state index in [0.717, 1.165) is 11.3 Å². The molecule has 0 radical (unpaired) electrons. The summed E-state index contributed by atoms with van der Waals surface area (Å²) < 4.78 is 10.3. The van der Waals surface area contributed by atoms with E-state index in [-0.39, 0.29) is 11.2 Å². The Morgan fingerprint density at radius 3 is 2.79 bits per heavy atom. The lowest BCUT2D eigenvalue weighted by Gasteiger charge is -2.15. The monoisotopic (exact) mass is 343 g/mol. The lowest BCUT2D eigenvalue weighted by atomic mass is 10.2. The fraction of sp³-hybridized carbons (Fsp3) is 0.235. The molecule has 124 valence electrons. The maximum absolute atomic E-state index is 12.4. The average molecular weight is 343 g/mol. The number of hydrogen-bond donors (Lipinski definition) is 0. The van der Waals surface area contributed by atoms with Crippen molar-refractivity contribution in [2.24, 2.45) is 10.2 Å². The van der Waals surface area contributed by atoms with Crippen LogP contribution in [0.1, 0.15) is 18.2 Å². The SMILES string of the molecule is COc1ccc(CN2C(=O)[C@@H](C)S/C2=N\N=C/c2ccco2)cc1. The van der Waals surface area contributed by atoms with Crippen LogP contribution in [0.25, 0.3) is 0 Å². The van der Waals surface area contributed by atoms with Gasteiger partial charge >= 0.3 is 0 Å². The van der Waals surface area contributed by atoms with Crippen LogP contribution in [0.15, 0.2) is 57.3 Å². The summed E-state index contributed by atoms with van der Waals surface area (Å²) in [5.41, 5.74) is 1.00. The molecule has 1 aromatic heterocycles. The first-order chi connectivity index (χ1) is 11.7. The van der Waals surface area contributed by atoms with E-state index in [4.69, 9.17) is 9.15 Å². The van der Waals surface area contributed by atoms with Crippen LogP contribution in [0, 0.1) is 0 Å². The molecule has 1 saturated heterocycles. The third-order valence-electron chi connectivity index (χ3n) is 3.50. The van der Waals surface area contributed by atoms with E-state index in [9.17, 15) is 4.79 Å². The minimum absolute atomic E-state index is 0.0303. The summed E-state index contributed by atoms with van der Waals surface area (Å²) in [5, 5.41) is 8.62. The maximum atomic E-state index is 12.4. The molecule has 0 N–H and O–H groups in total. The van der Waals surface area contributed by atoms with Crippen LogP contribution in [-0.4, -0.2) is 34.5 Å². The summed E-state index contributed by atoms with van der Waals surface area (Å²) in [6.07, 6.45) is 3.09. The molecule has 1 fully saturated rings. The molecule has 1 aliphatic heterocycles. The molecule has 2 heterocycles. The number of ether oxygens (including phenoxy) is 1. The number of benzene rings is 1. The highest BCUT2D eigenvalue weighted by Gasteiger charge is 2.35. The number of carbonyl (C=O) groups excluding carboxylic acids is 1. The van der Waals surface area contributed by atoms with E-state index >= 15 is 0 Å². The van der Waals surface area contributed by atoms with Gasteiger partial charge in [0.2, 0.25) is 5.91 Å². The van der Waals surface area contributed by atoms with Gasteiger partial charge in [-0.05, 0) is 36.8 Å². The highest BCUT2D eigenvalue weighted by atomic mass is 32.2. The second-order valence-electron chi connectivity index (χ2n) is 5.18. The van der Waals surface area contributed by atoms with Gasteiger partial charge in [-0.25, -0.2) is 0 Å². The van der Waals surface area contributed by atoms with Crippen molar-refractivity contribution in [2.75, 3.05) is 7.11 Å². The Kier molecular flexibility index (Phi) is 5.00. The van der Waals surface area contributed by atoms with Crippen LogP contribution in [0.2, 0.25) is 0 Å². The number of nitrogens with zero attached hydrogens (tertiary/aromatic N) is 3. The fourth-order valence-electron chi connectivity index (χ4n) is 2.22. The molecule has 3 rings (SSSR count). The lowest BCUT2D eigenvalue weighted by molar-refractivity contribution is -0.126. The number of hydrogen-bond acceptors (Lipinski definition) is 6. The topological polar surface area (TPSA) is 67.4 Å². The van der Waals surface area contributed by atoms with Crippen molar-refractivity contribution < 1.29 is 13.9 Å². The predicted molar refractivity (Wildman–Crippen MR) is 94.3 cm³/mol. The van der Waals surface area contributed by atoms with E-state index in [1.807, 2.05) is 31.2 Å². The van der Waals surface area contributed by atoms with Gasteiger partial charge in [0.05, 0.1) is 31.4 Å². The molecule has 1 atom stereocenters. The zero-order valence-corrected chi connectivity index (χ0v) is 14.2. The van der Waals surface area contributed by atoms with Gasteiger partial charge in [0.15, 0.2) is 5.17 Å². The van der Waals surface area contributed by atoms with E-state index < -0.39 is 0 Å². The Morgan fingerprint density at radius 2 is 2.12 bits per heavy atom. The molecule has 6 nitrogen and oxygen atoms in total. The fourth-order valence-corrected chi connectivity index (χ4v) is 3.14. The molecule has 0 unspecified atom stereocenters. The number of furan rings is 1. The van der Waals surface area contributed by atoms with Crippen LogP contribution in [0.5, 0.6) is 5.75 Å². The van der Waals surface area contributed by atoms with Gasteiger partial charge in [-0.2, -0.15) is 5.10 Å². The van der Waals surface area contributed by atoms with Gasteiger partial charge in [-0.15, -0.1) is 5.10 Å². The quantitative estimate of drug-likeness (QED) is 0.618. The lowest BCUT2D eigenvalue weighted by Crippen LogP contribution is -2.30. The van der Waals surface area contributed by atoms with Gasteiger partial charge in [-0.1, -0.05) is 23.9 Å². The Hall–Kier alpha value is -2.54. The van der Waals surface area contributed by atoms with Crippen LogP contribution < -0.4 is 4.74 Å². The van der Waals surface area contributed by atoms with Gasteiger partial charge in [0.1, 0.15) is 11.5 Å². The van der Waals surface area contributed by atoms with E-state index in [1.165, 1.54) is 18.0 Å². The van der Waals surface area contributed by atoms with Crippen LogP contribution >= 0.6 is 11.8 Å². The predicted octanol–water partition coefficient (Wildman–Crippen LogP) is 3.14. The minimum Gasteiger partial charge on any atom is -0.497 e. The molecule has 1 aliphatic rings. The number of amides is 1. The van der Waals surface area contributed by atoms with Crippen molar-refractivity contribution in [3.05, 3.63) is 54.0 Å². The molecular weight excluding hydrogens is 326 g/mol. The van der Waals surface area contributed by atoms with Gasteiger partial charge in [0.25, 0.3) is 0 Å². The first kappa shape index (κ1) is 16.3. The zero-order valence-electron chi connectivity index (χ0n) is 13.4. The van der Waals surface area contributed by atoms with Crippen molar-refractivity contribution in [1.29, 1.82) is 0 Å². The van der Waals surface area contributed by atoms with Crippen molar-refractivity contribution in [3.8, 4) is 5.75 Å². The average Bonchev–Trinajstić information content (AvgIpc) is 3.20. The normalized spacial score (nSPS) is 19.6. The number of thioether (sulfide) groups is 1. The smallest absolute Gasteiger partial charge is 0.242 e. The van der Waals surface area contributed by atoms with Crippen LogP contribution in [-0.2, 0) is 11.3 Å². The first-order valence-corrected chi connectivity index (χ1v) is 8.31. The van der Waals surface area contributed by atoms with Gasteiger partial charge < -0.3 is 9.15 Å². The number of methoxy groups -OCH3 is 1. The third kappa shape index (κ3) is 3.68. The molecule has 7 heteroatoms. The maximum Gasteiger partial charge on any atom is 0.242 e. The van der Waals surface area contributed by atoms with Crippen molar-refractivity contribution in [1.82, 2.24) is 4.90 Å². The molecule has 0 bridgehead atoms. The highest BCUT2D eigenvalue weighted by molar-refractivity contribution is 8.15. The number of amidine groups is 1. The Labute approximate surface area is 144 Å². The summed E-state index contributed by atoms with van der Waals surface area (Å²) in [4.78, 5) is 14.0. The Balaban J connectivity index is 1.75. The van der Waals surface area contributed by atoms with E-state index in [1.54, 1.807) is 30.4 Å². The standard InChI is InChI=1S/C17H17N3O3S/c1-12-16(21)20(11-13-5-7-14(22-2)8-6-13)17(24-12)19-18-10-15-4-3-9-23-15/h3-10,12H,11H2,1-2H3/b18-10-,19-17-/t12-/m1/s1. The molecule has 0 aliphatic carbocycles. The summed E-state index contributed by atoms with van der Waals surface area (Å²) in [6, 6.07) is 11.2. The Bertz CT molecular complexity index is 754. The minimum atomic E-state index is -0.166. The largest absolute Gasteiger partial charge is 0.497 e. The molecule has 0 saturated carbocycles. The van der Waals surface area contributed by atoms with E-state index in [2.05, 4.69) is 10.2 Å². The molecule has 1 aromatic carbocycles. The summed E-state index contributed by atoms with van der Waals surface area (Å²) >= 11 is 1.40. The summed E-state index contributed by atoms with van der Waals surface area (Å²) in [7, 11) is 1.62.